The smallest absolute Gasteiger partial charge is 0.253 e. The molecule has 0 spiro atoms. The zero-order valence-electron chi connectivity index (χ0n) is 18.3. The molecule has 2 aromatic heterocycles. The summed E-state index contributed by atoms with van der Waals surface area (Å²) in [4.78, 5) is 26.1. The van der Waals surface area contributed by atoms with Gasteiger partial charge in [-0.25, -0.2) is 4.98 Å². The van der Waals surface area contributed by atoms with Crippen LogP contribution < -0.4 is 4.74 Å². The van der Waals surface area contributed by atoms with E-state index in [4.69, 9.17) is 4.74 Å². The molecule has 6 nitrogen and oxygen atoms in total. The summed E-state index contributed by atoms with van der Waals surface area (Å²) < 4.78 is 6.03. The number of pyridine rings is 1. The third-order valence-electron chi connectivity index (χ3n) is 5.52. The van der Waals surface area contributed by atoms with Gasteiger partial charge in [0.1, 0.15) is 12.4 Å². The lowest BCUT2D eigenvalue weighted by Gasteiger charge is -2.34. The van der Waals surface area contributed by atoms with E-state index in [9.17, 15) is 4.79 Å². The number of carbonyl (C=O) groups is 1. The number of ether oxygens (including phenoxy) is 1. The molecule has 4 rings (SSSR count). The fourth-order valence-electron chi connectivity index (χ4n) is 3.94. The summed E-state index contributed by atoms with van der Waals surface area (Å²) >= 11 is 1.69. The fraction of sp³-hybridized carbons (Fsp3) is 0.375. The number of aromatic nitrogens is 2. The largest absolute Gasteiger partial charge is 0.488 e. The number of nitrogens with zero attached hydrogens (tertiary/aromatic N) is 4. The Balaban J connectivity index is 1.36. The fourth-order valence-corrected chi connectivity index (χ4v) is 4.55. The highest BCUT2D eigenvalue weighted by Gasteiger charge is 2.23. The van der Waals surface area contributed by atoms with Crippen molar-refractivity contribution in [3.63, 3.8) is 0 Å². The van der Waals surface area contributed by atoms with Crippen molar-refractivity contribution in [3.05, 3.63) is 75.0 Å². The molecular formula is C24H28N4O2S. The summed E-state index contributed by atoms with van der Waals surface area (Å²) in [6, 6.07) is 7.78. The molecule has 1 fully saturated rings. The van der Waals surface area contributed by atoms with Gasteiger partial charge in [-0.15, -0.1) is 11.3 Å². The number of benzene rings is 1. The second kappa shape index (κ2) is 9.58. The Bertz CT molecular complexity index is 1020. The van der Waals surface area contributed by atoms with Gasteiger partial charge in [-0.1, -0.05) is 6.07 Å². The molecule has 0 bridgehead atoms. The van der Waals surface area contributed by atoms with Crippen LogP contribution >= 0.6 is 11.3 Å². The normalized spacial score (nSPS) is 14.6. The summed E-state index contributed by atoms with van der Waals surface area (Å²) in [5.74, 6) is 0.929. The van der Waals surface area contributed by atoms with Gasteiger partial charge in [-0.3, -0.25) is 14.7 Å². The molecule has 1 saturated heterocycles. The van der Waals surface area contributed by atoms with Crippen molar-refractivity contribution in [1.82, 2.24) is 19.8 Å². The Morgan fingerprint density at radius 3 is 2.48 bits per heavy atom. The maximum absolute atomic E-state index is 13.1. The number of piperazine rings is 1. The molecule has 0 radical (unpaired) electrons. The van der Waals surface area contributed by atoms with Crippen LogP contribution in [0.4, 0.5) is 0 Å². The van der Waals surface area contributed by atoms with Crippen molar-refractivity contribution in [2.45, 2.75) is 33.9 Å². The molecule has 0 atom stereocenters. The number of rotatable bonds is 6. The van der Waals surface area contributed by atoms with Crippen LogP contribution in [0.2, 0.25) is 0 Å². The van der Waals surface area contributed by atoms with E-state index in [-0.39, 0.29) is 5.91 Å². The number of hydrogen-bond donors (Lipinski definition) is 0. The first-order valence-electron chi connectivity index (χ1n) is 10.5. The molecular weight excluding hydrogens is 408 g/mol. The van der Waals surface area contributed by atoms with Crippen LogP contribution in [0.25, 0.3) is 0 Å². The number of hydrogen-bond acceptors (Lipinski definition) is 6. The van der Waals surface area contributed by atoms with E-state index in [2.05, 4.69) is 20.2 Å². The Morgan fingerprint density at radius 1 is 1.13 bits per heavy atom. The van der Waals surface area contributed by atoms with Crippen molar-refractivity contribution in [3.8, 4) is 5.75 Å². The van der Waals surface area contributed by atoms with Gasteiger partial charge in [0.05, 0.1) is 10.7 Å². The van der Waals surface area contributed by atoms with Crippen LogP contribution in [0.15, 0.2) is 42.0 Å². The second-order valence-electron chi connectivity index (χ2n) is 8.02. The lowest BCUT2D eigenvalue weighted by molar-refractivity contribution is 0.0627. The molecule has 3 aromatic rings. The zero-order chi connectivity index (χ0) is 21.8. The minimum absolute atomic E-state index is 0.0918. The molecule has 31 heavy (non-hydrogen) atoms. The van der Waals surface area contributed by atoms with Gasteiger partial charge in [-0.2, -0.15) is 0 Å². The molecule has 162 valence electrons. The molecule has 3 heterocycles. The van der Waals surface area contributed by atoms with Gasteiger partial charge in [0.2, 0.25) is 0 Å². The maximum atomic E-state index is 13.1. The lowest BCUT2D eigenvalue weighted by atomic mass is 10.0. The van der Waals surface area contributed by atoms with E-state index in [1.807, 2.05) is 49.9 Å². The van der Waals surface area contributed by atoms with Crippen molar-refractivity contribution < 1.29 is 9.53 Å². The molecule has 0 N–H and O–H groups in total. The first kappa shape index (κ1) is 21.5. The van der Waals surface area contributed by atoms with Crippen LogP contribution in [-0.2, 0) is 13.2 Å². The van der Waals surface area contributed by atoms with Crippen molar-refractivity contribution in [1.29, 1.82) is 0 Å². The number of aryl methyl sites for hydroxylation is 3. The standard InChI is InChI=1S/C24H28N4O2S/c1-17-11-21(12-18(2)23(17)30-15-20-5-4-6-25-13-20)24(29)28-9-7-27(8-10-28)14-22-16-31-19(3)26-22/h4-6,11-13,16H,7-10,14-15H2,1-3H3. The van der Waals surface area contributed by atoms with Gasteiger partial charge < -0.3 is 9.64 Å². The summed E-state index contributed by atoms with van der Waals surface area (Å²) in [5, 5.41) is 3.22. The predicted molar refractivity (Wildman–Crippen MR) is 123 cm³/mol. The number of carbonyl (C=O) groups excluding carboxylic acids is 1. The molecule has 1 aliphatic heterocycles. The monoisotopic (exact) mass is 436 g/mol. The SMILES string of the molecule is Cc1nc(CN2CCN(C(=O)c3cc(C)c(OCc4cccnc4)c(C)c3)CC2)cs1. The van der Waals surface area contributed by atoms with E-state index >= 15 is 0 Å². The van der Waals surface area contributed by atoms with E-state index in [1.165, 1.54) is 0 Å². The van der Waals surface area contributed by atoms with Crippen LogP contribution in [0.1, 0.15) is 37.7 Å². The quantitative estimate of drug-likeness (QED) is 0.585. The summed E-state index contributed by atoms with van der Waals surface area (Å²) in [6.07, 6.45) is 3.55. The van der Waals surface area contributed by atoms with E-state index in [0.29, 0.717) is 6.61 Å². The average molecular weight is 437 g/mol. The Kier molecular flexibility index (Phi) is 6.63. The second-order valence-corrected chi connectivity index (χ2v) is 9.08. The minimum atomic E-state index is 0.0918. The molecule has 0 saturated carbocycles. The molecule has 1 amide bonds. The Hall–Kier alpha value is -2.77. The number of amides is 1. The highest BCUT2D eigenvalue weighted by Crippen LogP contribution is 2.26. The molecule has 1 aromatic carbocycles. The first-order chi connectivity index (χ1) is 15.0. The summed E-state index contributed by atoms with van der Waals surface area (Å²) in [6.45, 7) is 10.5. The summed E-state index contributed by atoms with van der Waals surface area (Å²) in [7, 11) is 0. The molecule has 7 heteroatoms. The zero-order valence-corrected chi connectivity index (χ0v) is 19.1. The third-order valence-corrected chi connectivity index (χ3v) is 6.35. The number of thiazole rings is 1. The van der Waals surface area contributed by atoms with Gasteiger partial charge in [-0.05, 0) is 50.1 Å². The Morgan fingerprint density at radius 2 is 1.87 bits per heavy atom. The highest BCUT2D eigenvalue weighted by molar-refractivity contribution is 7.09. The van der Waals surface area contributed by atoms with Crippen molar-refractivity contribution in [2.24, 2.45) is 0 Å². The average Bonchev–Trinajstić information content (AvgIpc) is 3.18. The van der Waals surface area contributed by atoms with Crippen LogP contribution in [0.5, 0.6) is 5.75 Å². The van der Waals surface area contributed by atoms with Crippen LogP contribution in [-0.4, -0.2) is 51.9 Å². The van der Waals surface area contributed by atoms with Gasteiger partial charge in [0, 0.05) is 61.6 Å². The van der Waals surface area contributed by atoms with Gasteiger partial charge in [0.25, 0.3) is 5.91 Å². The molecule has 1 aliphatic rings. The van der Waals surface area contributed by atoms with Gasteiger partial charge in [0.15, 0.2) is 0 Å². The van der Waals surface area contributed by atoms with Crippen LogP contribution in [0.3, 0.4) is 0 Å². The van der Waals surface area contributed by atoms with Gasteiger partial charge >= 0.3 is 0 Å². The van der Waals surface area contributed by atoms with E-state index < -0.39 is 0 Å². The van der Waals surface area contributed by atoms with E-state index in [0.717, 1.165) is 71.4 Å². The minimum Gasteiger partial charge on any atom is -0.488 e. The third kappa shape index (κ3) is 5.29. The van der Waals surface area contributed by atoms with Crippen molar-refractivity contribution >= 4 is 17.2 Å². The topological polar surface area (TPSA) is 58.6 Å². The first-order valence-corrected chi connectivity index (χ1v) is 11.4. The van der Waals surface area contributed by atoms with E-state index in [1.54, 1.807) is 23.7 Å². The summed E-state index contributed by atoms with van der Waals surface area (Å²) in [5.41, 5.74) is 4.82. The maximum Gasteiger partial charge on any atom is 0.253 e. The highest BCUT2D eigenvalue weighted by atomic mass is 32.1. The molecule has 0 aliphatic carbocycles. The molecule has 0 unspecified atom stereocenters. The van der Waals surface area contributed by atoms with Crippen LogP contribution in [0, 0.1) is 20.8 Å². The lowest BCUT2D eigenvalue weighted by Crippen LogP contribution is -2.48. The predicted octanol–water partition coefficient (Wildman–Crippen LogP) is 4.00. The Labute approximate surface area is 187 Å². The van der Waals surface area contributed by atoms with Crippen molar-refractivity contribution in [2.75, 3.05) is 26.2 Å².